The first-order chi connectivity index (χ1) is 9.71. The van der Waals surface area contributed by atoms with E-state index in [2.05, 4.69) is 11.9 Å². The summed E-state index contributed by atoms with van der Waals surface area (Å²) in [5, 5.41) is 0. The third kappa shape index (κ3) is 2.09. The first kappa shape index (κ1) is 12.5. The summed E-state index contributed by atoms with van der Waals surface area (Å²) in [4.78, 5) is 4.53. The summed E-state index contributed by atoms with van der Waals surface area (Å²) in [5.74, 6) is 1.25. The van der Waals surface area contributed by atoms with E-state index in [1.165, 1.54) is 5.56 Å². The van der Waals surface area contributed by atoms with Gasteiger partial charge in [-0.1, -0.05) is 13.0 Å². The molecule has 0 saturated carbocycles. The third-order valence-electron chi connectivity index (χ3n) is 3.35. The van der Waals surface area contributed by atoms with Gasteiger partial charge in [-0.25, -0.2) is 4.98 Å². The number of aryl methyl sites for hydroxylation is 1. The predicted molar refractivity (Wildman–Crippen MR) is 79.8 cm³/mol. The van der Waals surface area contributed by atoms with Gasteiger partial charge < -0.3 is 14.9 Å². The van der Waals surface area contributed by atoms with E-state index >= 15 is 0 Å². The SMILES string of the molecule is CCc1ccc2oc(-c3cc(OC)ccc3N)nc2c1. The molecule has 0 aliphatic rings. The lowest BCUT2D eigenvalue weighted by Gasteiger charge is -2.04. The highest BCUT2D eigenvalue weighted by Crippen LogP contribution is 2.31. The summed E-state index contributed by atoms with van der Waals surface area (Å²) >= 11 is 0. The Labute approximate surface area is 117 Å². The summed E-state index contributed by atoms with van der Waals surface area (Å²) in [5.41, 5.74) is 10.2. The summed E-state index contributed by atoms with van der Waals surface area (Å²) in [6, 6.07) is 11.5. The van der Waals surface area contributed by atoms with Crippen molar-refractivity contribution in [2.24, 2.45) is 0 Å². The fraction of sp³-hybridized carbons (Fsp3) is 0.188. The minimum absolute atomic E-state index is 0.518. The number of nitrogens with two attached hydrogens (primary N) is 1. The van der Waals surface area contributed by atoms with Crippen LogP contribution in [0.1, 0.15) is 12.5 Å². The first-order valence-electron chi connectivity index (χ1n) is 6.54. The van der Waals surface area contributed by atoms with E-state index < -0.39 is 0 Å². The van der Waals surface area contributed by atoms with Gasteiger partial charge in [0.2, 0.25) is 5.89 Å². The van der Waals surface area contributed by atoms with Crippen molar-refractivity contribution in [2.75, 3.05) is 12.8 Å². The van der Waals surface area contributed by atoms with Gasteiger partial charge in [0.05, 0.1) is 12.7 Å². The Hall–Kier alpha value is -2.49. The molecule has 2 aromatic carbocycles. The number of anilines is 1. The summed E-state index contributed by atoms with van der Waals surface area (Å²) < 4.78 is 11.0. The van der Waals surface area contributed by atoms with Gasteiger partial charge in [0.25, 0.3) is 0 Å². The fourth-order valence-electron chi connectivity index (χ4n) is 2.16. The average molecular weight is 268 g/mol. The zero-order chi connectivity index (χ0) is 14.1. The highest BCUT2D eigenvalue weighted by molar-refractivity contribution is 5.80. The van der Waals surface area contributed by atoms with Crippen LogP contribution in [0.4, 0.5) is 5.69 Å². The number of fused-ring (bicyclic) bond motifs is 1. The maximum Gasteiger partial charge on any atom is 0.229 e. The smallest absolute Gasteiger partial charge is 0.229 e. The van der Waals surface area contributed by atoms with E-state index in [9.17, 15) is 0 Å². The Morgan fingerprint density at radius 3 is 2.80 bits per heavy atom. The van der Waals surface area contributed by atoms with Crippen LogP contribution in [0, 0.1) is 0 Å². The van der Waals surface area contributed by atoms with Crippen LogP contribution in [0.2, 0.25) is 0 Å². The number of ether oxygens (including phenoxy) is 1. The summed E-state index contributed by atoms with van der Waals surface area (Å²) in [6.07, 6.45) is 0.972. The van der Waals surface area contributed by atoms with Gasteiger partial charge in [0.15, 0.2) is 5.58 Å². The predicted octanol–water partition coefficient (Wildman–Crippen LogP) is 3.65. The zero-order valence-corrected chi connectivity index (χ0v) is 11.5. The Bertz CT molecular complexity index is 762. The van der Waals surface area contributed by atoms with Crippen LogP contribution in [0.3, 0.4) is 0 Å². The van der Waals surface area contributed by atoms with E-state index in [4.69, 9.17) is 14.9 Å². The van der Waals surface area contributed by atoms with Gasteiger partial charge in [-0.2, -0.15) is 0 Å². The molecule has 3 rings (SSSR count). The van der Waals surface area contributed by atoms with E-state index in [0.717, 1.165) is 28.8 Å². The molecule has 0 bridgehead atoms. The maximum atomic E-state index is 6.00. The molecule has 0 aliphatic carbocycles. The maximum absolute atomic E-state index is 6.00. The normalized spacial score (nSPS) is 10.9. The van der Waals surface area contributed by atoms with Crippen LogP contribution in [-0.4, -0.2) is 12.1 Å². The quantitative estimate of drug-likeness (QED) is 0.736. The number of aromatic nitrogens is 1. The first-order valence-corrected chi connectivity index (χ1v) is 6.54. The second-order valence-electron chi connectivity index (χ2n) is 4.63. The molecule has 4 nitrogen and oxygen atoms in total. The lowest BCUT2D eigenvalue weighted by atomic mass is 10.1. The van der Waals surface area contributed by atoms with Gasteiger partial charge >= 0.3 is 0 Å². The van der Waals surface area contributed by atoms with E-state index in [1.54, 1.807) is 13.2 Å². The Morgan fingerprint density at radius 2 is 2.05 bits per heavy atom. The van der Waals surface area contributed by atoms with Gasteiger partial charge in [-0.15, -0.1) is 0 Å². The van der Waals surface area contributed by atoms with E-state index in [-0.39, 0.29) is 0 Å². The summed E-state index contributed by atoms with van der Waals surface area (Å²) in [7, 11) is 1.62. The molecule has 0 spiro atoms. The molecular formula is C16H16N2O2. The van der Waals surface area contributed by atoms with E-state index in [1.807, 2.05) is 30.3 Å². The van der Waals surface area contributed by atoms with Crippen LogP contribution >= 0.6 is 0 Å². The van der Waals surface area contributed by atoms with Crippen LogP contribution in [0.5, 0.6) is 5.75 Å². The van der Waals surface area contributed by atoms with E-state index in [0.29, 0.717) is 11.6 Å². The van der Waals surface area contributed by atoms with Gasteiger partial charge in [-0.3, -0.25) is 0 Å². The molecule has 102 valence electrons. The molecule has 3 aromatic rings. The fourth-order valence-corrected chi connectivity index (χ4v) is 2.16. The second kappa shape index (κ2) is 4.89. The topological polar surface area (TPSA) is 61.3 Å². The molecule has 0 aliphatic heterocycles. The molecule has 1 aromatic heterocycles. The van der Waals surface area contributed by atoms with Crippen molar-refractivity contribution in [1.82, 2.24) is 4.98 Å². The Kier molecular flexibility index (Phi) is 3.06. The average Bonchev–Trinajstić information content (AvgIpc) is 2.90. The van der Waals surface area contributed by atoms with Crippen molar-refractivity contribution in [2.45, 2.75) is 13.3 Å². The van der Waals surface area contributed by atoms with Crippen LogP contribution in [0.15, 0.2) is 40.8 Å². The number of rotatable bonds is 3. The molecule has 0 amide bonds. The van der Waals surface area contributed by atoms with Crippen LogP contribution in [-0.2, 0) is 6.42 Å². The molecule has 20 heavy (non-hydrogen) atoms. The lowest BCUT2D eigenvalue weighted by molar-refractivity contribution is 0.415. The highest BCUT2D eigenvalue weighted by atomic mass is 16.5. The number of nitrogen functional groups attached to an aromatic ring is 1. The van der Waals surface area contributed by atoms with Crippen LogP contribution < -0.4 is 10.5 Å². The molecule has 0 saturated heterocycles. The second-order valence-corrected chi connectivity index (χ2v) is 4.63. The zero-order valence-electron chi connectivity index (χ0n) is 11.5. The number of methoxy groups -OCH3 is 1. The largest absolute Gasteiger partial charge is 0.497 e. The van der Waals surface area contributed by atoms with Crippen molar-refractivity contribution in [3.63, 3.8) is 0 Å². The van der Waals surface area contributed by atoms with Crippen molar-refractivity contribution in [3.8, 4) is 17.2 Å². The minimum atomic E-state index is 0.518. The Morgan fingerprint density at radius 1 is 1.20 bits per heavy atom. The van der Waals surface area contributed by atoms with Crippen molar-refractivity contribution in [1.29, 1.82) is 0 Å². The minimum Gasteiger partial charge on any atom is -0.497 e. The Balaban J connectivity index is 2.14. The number of hydrogen-bond donors (Lipinski definition) is 1. The number of benzene rings is 2. The molecule has 0 radical (unpaired) electrons. The molecule has 2 N–H and O–H groups in total. The molecule has 4 heteroatoms. The standard InChI is InChI=1S/C16H16N2O2/c1-3-10-4-7-15-14(8-10)18-16(20-15)12-9-11(19-2)5-6-13(12)17/h4-9H,3,17H2,1-2H3. The highest BCUT2D eigenvalue weighted by Gasteiger charge is 2.12. The summed E-state index contributed by atoms with van der Waals surface area (Å²) in [6.45, 7) is 2.11. The van der Waals surface area contributed by atoms with Crippen LogP contribution in [0.25, 0.3) is 22.6 Å². The number of nitrogens with zero attached hydrogens (tertiary/aromatic N) is 1. The van der Waals surface area contributed by atoms with Crippen molar-refractivity contribution >= 4 is 16.8 Å². The van der Waals surface area contributed by atoms with Crippen molar-refractivity contribution in [3.05, 3.63) is 42.0 Å². The van der Waals surface area contributed by atoms with Gasteiger partial charge in [0, 0.05) is 5.69 Å². The number of oxazole rings is 1. The molecule has 1 heterocycles. The molecule has 0 fully saturated rings. The van der Waals surface area contributed by atoms with Gasteiger partial charge in [-0.05, 0) is 42.3 Å². The molecule has 0 atom stereocenters. The van der Waals surface area contributed by atoms with Gasteiger partial charge in [0.1, 0.15) is 11.3 Å². The van der Waals surface area contributed by atoms with Crippen molar-refractivity contribution < 1.29 is 9.15 Å². The lowest BCUT2D eigenvalue weighted by Crippen LogP contribution is -1.91. The third-order valence-corrected chi connectivity index (χ3v) is 3.35. The molecular weight excluding hydrogens is 252 g/mol. The monoisotopic (exact) mass is 268 g/mol. The number of hydrogen-bond acceptors (Lipinski definition) is 4. The molecule has 0 unspecified atom stereocenters.